The van der Waals surface area contributed by atoms with E-state index in [1.807, 2.05) is 21.9 Å². The van der Waals surface area contributed by atoms with Gasteiger partial charge in [0.1, 0.15) is 12.4 Å². The Morgan fingerprint density at radius 2 is 2.03 bits per heavy atom. The van der Waals surface area contributed by atoms with Crippen LogP contribution in [0.1, 0.15) is 55.2 Å². The fraction of sp³-hybridized carbons (Fsp3) is 0.577. The summed E-state index contributed by atoms with van der Waals surface area (Å²) in [5.74, 6) is 1.38. The van der Waals surface area contributed by atoms with E-state index in [1.165, 1.54) is 16.0 Å². The molecule has 7 heteroatoms. The lowest BCUT2D eigenvalue weighted by Crippen LogP contribution is -2.48. The SMILES string of the molecule is CCCN(CC(=O)N1CCc2sccc2[C@@H]1COc1ccc(C(C)C)cc1)C[C@@H](O)COC. The van der Waals surface area contributed by atoms with Crippen LogP contribution in [-0.4, -0.2) is 73.4 Å². The number of hydrogen-bond donors (Lipinski definition) is 1. The number of methoxy groups -OCH3 is 1. The number of aliphatic hydroxyl groups excluding tert-OH is 1. The molecule has 1 aliphatic rings. The first-order chi connectivity index (χ1) is 15.9. The maximum Gasteiger partial charge on any atom is 0.237 e. The summed E-state index contributed by atoms with van der Waals surface area (Å²) in [6.07, 6.45) is 1.19. The van der Waals surface area contributed by atoms with Gasteiger partial charge in [0.2, 0.25) is 5.91 Å². The molecule has 2 aromatic rings. The van der Waals surface area contributed by atoms with Crippen molar-refractivity contribution in [2.75, 3.05) is 46.5 Å². The number of ether oxygens (including phenoxy) is 2. The van der Waals surface area contributed by atoms with E-state index in [4.69, 9.17) is 9.47 Å². The van der Waals surface area contributed by atoms with Gasteiger partial charge in [-0.05, 0) is 60.0 Å². The Kier molecular flexibility index (Phi) is 9.74. The van der Waals surface area contributed by atoms with Crippen molar-refractivity contribution >= 4 is 17.2 Å². The van der Waals surface area contributed by atoms with Gasteiger partial charge in [-0.25, -0.2) is 0 Å². The molecular weight excluding hydrogens is 436 g/mol. The number of carbonyl (C=O) groups is 1. The second kappa shape index (κ2) is 12.5. The van der Waals surface area contributed by atoms with Gasteiger partial charge in [-0.1, -0.05) is 32.9 Å². The first-order valence-corrected chi connectivity index (χ1v) is 12.8. The highest BCUT2D eigenvalue weighted by Crippen LogP contribution is 2.34. The zero-order valence-corrected chi connectivity index (χ0v) is 21.1. The van der Waals surface area contributed by atoms with Crippen LogP contribution < -0.4 is 4.74 Å². The number of amides is 1. The fourth-order valence-electron chi connectivity index (χ4n) is 4.38. The van der Waals surface area contributed by atoms with E-state index in [0.29, 0.717) is 25.6 Å². The van der Waals surface area contributed by atoms with E-state index in [0.717, 1.165) is 25.1 Å². The molecule has 0 saturated carbocycles. The normalized spacial score (nSPS) is 16.8. The molecule has 0 bridgehead atoms. The highest BCUT2D eigenvalue weighted by Gasteiger charge is 2.33. The molecule has 0 radical (unpaired) electrons. The van der Waals surface area contributed by atoms with Crippen LogP contribution in [-0.2, 0) is 16.0 Å². The van der Waals surface area contributed by atoms with E-state index in [-0.39, 0.29) is 25.1 Å². The molecule has 0 saturated heterocycles. The highest BCUT2D eigenvalue weighted by atomic mass is 32.1. The molecule has 1 amide bonds. The van der Waals surface area contributed by atoms with Gasteiger partial charge in [0.15, 0.2) is 0 Å². The van der Waals surface area contributed by atoms with Crippen molar-refractivity contribution in [2.45, 2.75) is 51.7 Å². The lowest BCUT2D eigenvalue weighted by atomic mass is 10.00. The van der Waals surface area contributed by atoms with Gasteiger partial charge in [0.05, 0.1) is 25.3 Å². The Labute approximate surface area is 202 Å². The van der Waals surface area contributed by atoms with Crippen LogP contribution in [0.5, 0.6) is 5.75 Å². The number of hydrogen-bond acceptors (Lipinski definition) is 6. The summed E-state index contributed by atoms with van der Waals surface area (Å²) in [7, 11) is 1.58. The van der Waals surface area contributed by atoms with Crippen molar-refractivity contribution < 1.29 is 19.4 Å². The summed E-state index contributed by atoms with van der Waals surface area (Å²) in [4.78, 5) is 18.7. The standard InChI is InChI=1S/C26H38N2O4S/c1-5-12-27(15-21(29)17-31-4)16-26(30)28-13-10-25-23(11-14-33-25)24(28)18-32-22-8-6-20(7-9-22)19(2)3/h6-9,11,14,19,21,24,29H,5,10,12-13,15-18H2,1-4H3/t21-,24+/m1/s1. The van der Waals surface area contributed by atoms with Gasteiger partial charge in [-0.2, -0.15) is 0 Å². The van der Waals surface area contributed by atoms with Crippen molar-refractivity contribution in [3.8, 4) is 5.75 Å². The fourth-order valence-corrected chi connectivity index (χ4v) is 5.30. The van der Waals surface area contributed by atoms with Crippen LogP contribution >= 0.6 is 11.3 Å². The second-order valence-electron chi connectivity index (χ2n) is 9.03. The molecule has 33 heavy (non-hydrogen) atoms. The number of carbonyl (C=O) groups excluding carboxylic acids is 1. The van der Waals surface area contributed by atoms with E-state index >= 15 is 0 Å². The molecule has 1 aliphatic heterocycles. The molecule has 0 aliphatic carbocycles. The van der Waals surface area contributed by atoms with Gasteiger partial charge in [-0.15, -0.1) is 11.3 Å². The van der Waals surface area contributed by atoms with Crippen molar-refractivity contribution in [1.82, 2.24) is 9.80 Å². The molecule has 1 aromatic carbocycles. The Bertz CT molecular complexity index is 867. The average Bonchev–Trinajstić information content (AvgIpc) is 3.27. The molecule has 0 unspecified atom stereocenters. The van der Waals surface area contributed by atoms with Crippen LogP contribution in [0.4, 0.5) is 0 Å². The topological polar surface area (TPSA) is 62.2 Å². The quantitative estimate of drug-likeness (QED) is 0.502. The largest absolute Gasteiger partial charge is 0.491 e. The van der Waals surface area contributed by atoms with Crippen molar-refractivity contribution in [1.29, 1.82) is 0 Å². The van der Waals surface area contributed by atoms with Gasteiger partial charge in [0, 0.05) is 25.1 Å². The summed E-state index contributed by atoms with van der Waals surface area (Å²) < 4.78 is 11.2. The predicted molar refractivity (Wildman–Crippen MR) is 133 cm³/mol. The highest BCUT2D eigenvalue weighted by molar-refractivity contribution is 7.10. The van der Waals surface area contributed by atoms with Crippen LogP contribution in [0.25, 0.3) is 0 Å². The molecular formula is C26H38N2O4S. The number of aliphatic hydroxyl groups is 1. The van der Waals surface area contributed by atoms with Crippen LogP contribution in [0.15, 0.2) is 35.7 Å². The Morgan fingerprint density at radius 3 is 2.70 bits per heavy atom. The number of thiophene rings is 1. The lowest BCUT2D eigenvalue weighted by Gasteiger charge is -2.37. The molecule has 3 rings (SSSR count). The maximum atomic E-state index is 13.4. The number of fused-ring (bicyclic) bond motifs is 1. The number of benzene rings is 1. The summed E-state index contributed by atoms with van der Waals surface area (Å²) in [5, 5.41) is 12.3. The second-order valence-corrected chi connectivity index (χ2v) is 10.0. The van der Waals surface area contributed by atoms with Crippen LogP contribution in [0.2, 0.25) is 0 Å². The Hall–Kier alpha value is -1.93. The molecule has 182 valence electrons. The van der Waals surface area contributed by atoms with Crippen LogP contribution in [0, 0.1) is 0 Å². The minimum absolute atomic E-state index is 0.0775. The zero-order valence-electron chi connectivity index (χ0n) is 20.3. The molecule has 6 nitrogen and oxygen atoms in total. The Morgan fingerprint density at radius 1 is 1.27 bits per heavy atom. The lowest BCUT2D eigenvalue weighted by molar-refractivity contribution is -0.136. The van der Waals surface area contributed by atoms with Gasteiger partial charge >= 0.3 is 0 Å². The molecule has 0 spiro atoms. The zero-order chi connectivity index (χ0) is 23.8. The van der Waals surface area contributed by atoms with Crippen molar-refractivity contribution in [3.05, 3.63) is 51.7 Å². The minimum Gasteiger partial charge on any atom is -0.491 e. The summed E-state index contributed by atoms with van der Waals surface area (Å²) in [6, 6.07) is 10.3. The summed E-state index contributed by atoms with van der Waals surface area (Å²) >= 11 is 1.75. The van der Waals surface area contributed by atoms with Gasteiger partial charge in [-0.3, -0.25) is 9.69 Å². The third-order valence-corrected chi connectivity index (χ3v) is 7.09. The monoisotopic (exact) mass is 474 g/mol. The van der Waals surface area contributed by atoms with Crippen LogP contribution in [0.3, 0.4) is 0 Å². The summed E-state index contributed by atoms with van der Waals surface area (Å²) in [6.45, 7) is 9.28. The molecule has 2 atom stereocenters. The van der Waals surface area contributed by atoms with E-state index in [9.17, 15) is 9.90 Å². The predicted octanol–water partition coefficient (Wildman–Crippen LogP) is 4.10. The van der Waals surface area contributed by atoms with Crippen molar-refractivity contribution in [3.63, 3.8) is 0 Å². The van der Waals surface area contributed by atoms with E-state index in [1.54, 1.807) is 18.4 Å². The molecule has 1 aromatic heterocycles. The third-order valence-electron chi connectivity index (χ3n) is 6.10. The summed E-state index contributed by atoms with van der Waals surface area (Å²) in [5.41, 5.74) is 2.48. The number of rotatable bonds is 12. The number of nitrogens with zero attached hydrogens (tertiary/aromatic N) is 2. The van der Waals surface area contributed by atoms with E-state index in [2.05, 4.69) is 44.4 Å². The first kappa shape index (κ1) is 25.7. The minimum atomic E-state index is -0.605. The Balaban J connectivity index is 1.70. The third kappa shape index (κ3) is 7.03. The van der Waals surface area contributed by atoms with Gasteiger partial charge in [0.25, 0.3) is 0 Å². The first-order valence-electron chi connectivity index (χ1n) is 11.9. The molecule has 1 N–H and O–H groups in total. The average molecular weight is 475 g/mol. The van der Waals surface area contributed by atoms with Gasteiger partial charge < -0.3 is 19.5 Å². The molecule has 0 fully saturated rings. The maximum absolute atomic E-state index is 13.4. The smallest absolute Gasteiger partial charge is 0.237 e. The van der Waals surface area contributed by atoms with E-state index < -0.39 is 6.10 Å². The van der Waals surface area contributed by atoms with Crippen molar-refractivity contribution in [2.24, 2.45) is 0 Å². The molecule has 2 heterocycles.